The fraction of sp³-hybridized carbons (Fsp3) is 0.250. The van der Waals surface area contributed by atoms with Crippen LogP contribution in [0.15, 0.2) is 82.3 Å². The van der Waals surface area contributed by atoms with E-state index in [1.807, 2.05) is 66.1 Å². The Balaban J connectivity index is 1.35. The zero-order chi connectivity index (χ0) is 23.7. The molecule has 1 fully saturated rings. The summed E-state index contributed by atoms with van der Waals surface area (Å²) in [6.07, 6.45) is 1.62. The molecule has 1 N–H and O–H groups in total. The minimum absolute atomic E-state index is 0.341. The van der Waals surface area contributed by atoms with E-state index in [1.54, 1.807) is 27.4 Å². The van der Waals surface area contributed by atoms with E-state index in [4.69, 9.17) is 21.7 Å². The molecule has 0 unspecified atom stereocenters. The predicted octanol–water partition coefficient (Wildman–Crippen LogP) is 2.52. The SMILES string of the molecule is Cc1ccc(S(=O)(=O)N2CC[NH+](Cn3nc(-c4ccco4)n(-c4ccccc4)c3=S)CC2)cc1. The summed E-state index contributed by atoms with van der Waals surface area (Å²) in [5.74, 6) is 1.28. The quantitative estimate of drug-likeness (QED) is 0.415. The van der Waals surface area contributed by atoms with Gasteiger partial charge in [-0.1, -0.05) is 35.9 Å². The van der Waals surface area contributed by atoms with E-state index in [1.165, 1.54) is 4.90 Å². The highest BCUT2D eigenvalue weighted by Gasteiger charge is 2.31. The lowest BCUT2D eigenvalue weighted by molar-refractivity contribution is -0.926. The summed E-state index contributed by atoms with van der Waals surface area (Å²) in [6, 6.07) is 20.5. The number of piperazine rings is 1. The molecule has 2 aromatic carbocycles. The van der Waals surface area contributed by atoms with Gasteiger partial charge in [-0.3, -0.25) is 4.57 Å². The van der Waals surface area contributed by atoms with Crippen molar-refractivity contribution in [3.63, 3.8) is 0 Å². The average molecular weight is 497 g/mol. The zero-order valence-electron chi connectivity index (χ0n) is 18.8. The summed E-state index contributed by atoms with van der Waals surface area (Å²) >= 11 is 5.80. The number of para-hydroxylation sites is 1. The highest BCUT2D eigenvalue weighted by atomic mass is 32.2. The summed E-state index contributed by atoms with van der Waals surface area (Å²) in [7, 11) is -3.49. The van der Waals surface area contributed by atoms with Crippen LogP contribution < -0.4 is 4.90 Å². The van der Waals surface area contributed by atoms with Crippen molar-refractivity contribution in [2.45, 2.75) is 18.5 Å². The number of sulfonamides is 1. The van der Waals surface area contributed by atoms with Gasteiger partial charge in [0.15, 0.2) is 12.4 Å². The molecule has 34 heavy (non-hydrogen) atoms. The first kappa shape index (κ1) is 22.7. The van der Waals surface area contributed by atoms with Crippen LogP contribution in [0.1, 0.15) is 5.56 Å². The molecule has 5 rings (SSSR count). The Morgan fingerprint density at radius 1 is 1.00 bits per heavy atom. The monoisotopic (exact) mass is 496 g/mol. The maximum Gasteiger partial charge on any atom is 0.243 e. The highest BCUT2D eigenvalue weighted by Crippen LogP contribution is 2.23. The van der Waals surface area contributed by atoms with Gasteiger partial charge in [0, 0.05) is 0 Å². The molecule has 0 saturated carbocycles. The molecule has 176 valence electrons. The number of hydrogen-bond acceptors (Lipinski definition) is 5. The van der Waals surface area contributed by atoms with Crippen LogP contribution in [0.5, 0.6) is 0 Å². The Morgan fingerprint density at radius 2 is 1.71 bits per heavy atom. The molecule has 1 aliphatic rings. The smallest absolute Gasteiger partial charge is 0.243 e. The standard InChI is InChI=1S/C24H25N5O3S2/c1-19-9-11-21(12-10-19)34(30,31)27-15-13-26(14-16-27)18-28-24(33)29(20-6-3-2-4-7-20)23(25-28)22-8-5-17-32-22/h2-12,17H,13-16,18H2,1H3/p+1. The Hall–Kier alpha value is -3.05. The second-order valence-electron chi connectivity index (χ2n) is 8.38. The van der Waals surface area contributed by atoms with Gasteiger partial charge in [-0.15, -0.1) is 5.10 Å². The van der Waals surface area contributed by atoms with E-state index >= 15 is 0 Å². The first-order valence-corrected chi connectivity index (χ1v) is 13.0. The number of furan rings is 1. The van der Waals surface area contributed by atoms with E-state index in [0.29, 0.717) is 54.1 Å². The Kier molecular flexibility index (Phi) is 6.22. The van der Waals surface area contributed by atoms with Crippen LogP contribution in [-0.2, 0) is 16.7 Å². The Morgan fingerprint density at radius 3 is 2.35 bits per heavy atom. The van der Waals surface area contributed by atoms with Crippen LogP contribution in [0.3, 0.4) is 0 Å². The van der Waals surface area contributed by atoms with E-state index < -0.39 is 10.0 Å². The van der Waals surface area contributed by atoms with Crippen LogP contribution in [0, 0.1) is 11.7 Å². The molecule has 1 aliphatic heterocycles. The molecular formula is C24H26N5O3S2+. The van der Waals surface area contributed by atoms with Crippen molar-refractivity contribution in [1.82, 2.24) is 18.7 Å². The molecule has 0 spiro atoms. The van der Waals surface area contributed by atoms with Crippen LogP contribution >= 0.6 is 12.2 Å². The number of nitrogens with one attached hydrogen (secondary N) is 1. The van der Waals surface area contributed by atoms with Gasteiger partial charge in [0.05, 0.1) is 43.0 Å². The maximum absolute atomic E-state index is 13.0. The van der Waals surface area contributed by atoms with E-state index in [-0.39, 0.29) is 0 Å². The van der Waals surface area contributed by atoms with Crippen molar-refractivity contribution in [3.8, 4) is 17.3 Å². The summed E-state index contributed by atoms with van der Waals surface area (Å²) in [4.78, 5) is 1.56. The van der Waals surface area contributed by atoms with Gasteiger partial charge < -0.3 is 9.32 Å². The van der Waals surface area contributed by atoms with Crippen molar-refractivity contribution in [3.05, 3.63) is 83.3 Å². The van der Waals surface area contributed by atoms with E-state index in [0.717, 1.165) is 11.3 Å². The molecule has 0 aliphatic carbocycles. The number of aromatic nitrogens is 3. The Labute approximate surface area is 203 Å². The van der Waals surface area contributed by atoms with Crippen LogP contribution in [0.25, 0.3) is 17.3 Å². The van der Waals surface area contributed by atoms with Crippen molar-refractivity contribution in [2.24, 2.45) is 0 Å². The number of nitrogens with zero attached hydrogens (tertiary/aromatic N) is 4. The lowest BCUT2D eigenvalue weighted by atomic mass is 10.2. The molecular weight excluding hydrogens is 470 g/mol. The summed E-state index contributed by atoms with van der Waals surface area (Å²) in [6.45, 7) is 4.72. The molecule has 1 saturated heterocycles. The van der Waals surface area contributed by atoms with Crippen molar-refractivity contribution < 1.29 is 17.7 Å². The van der Waals surface area contributed by atoms with Gasteiger partial charge in [0.1, 0.15) is 0 Å². The van der Waals surface area contributed by atoms with Gasteiger partial charge in [-0.05, 0) is 55.5 Å². The Bertz CT molecular complexity index is 1420. The van der Waals surface area contributed by atoms with Gasteiger partial charge in [0.25, 0.3) is 0 Å². The summed E-state index contributed by atoms with van der Waals surface area (Å²) < 4.78 is 37.5. The summed E-state index contributed by atoms with van der Waals surface area (Å²) in [5.41, 5.74) is 1.95. The first-order valence-electron chi connectivity index (χ1n) is 11.1. The third-order valence-electron chi connectivity index (χ3n) is 6.06. The van der Waals surface area contributed by atoms with Crippen molar-refractivity contribution >= 4 is 22.2 Å². The van der Waals surface area contributed by atoms with Crippen LogP contribution in [0.2, 0.25) is 0 Å². The minimum Gasteiger partial charge on any atom is -0.461 e. The number of quaternary nitrogens is 1. The molecule has 4 aromatic rings. The van der Waals surface area contributed by atoms with E-state index in [9.17, 15) is 8.42 Å². The zero-order valence-corrected chi connectivity index (χ0v) is 20.4. The third kappa shape index (κ3) is 4.37. The average Bonchev–Trinajstić information content (AvgIpc) is 3.49. The second kappa shape index (κ2) is 9.30. The molecule has 0 amide bonds. The molecule has 0 bridgehead atoms. The normalized spacial score (nSPS) is 15.6. The van der Waals surface area contributed by atoms with Gasteiger partial charge in [-0.2, -0.15) is 8.99 Å². The molecule has 8 nitrogen and oxygen atoms in total. The highest BCUT2D eigenvalue weighted by molar-refractivity contribution is 7.89. The van der Waals surface area contributed by atoms with E-state index in [2.05, 4.69) is 0 Å². The van der Waals surface area contributed by atoms with Gasteiger partial charge >= 0.3 is 0 Å². The maximum atomic E-state index is 13.0. The van der Waals surface area contributed by atoms with Gasteiger partial charge in [0.2, 0.25) is 20.6 Å². The van der Waals surface area contributed by atoms with Crippen LogP contribution in [0.4, 0.5) is 0 Å². The second-order valence-corrected chi connectivity index (χ2v) is 10.7. The third-order valence-corrected chi connectivity index (χ3v) is 8.36. The lowest BCUT2D eigenvalue weighted by Crippen LogP contribution is -3.14. The molecule has 0 radical (unpaired) electrons. The fourth-order valence-electron chi connectivity index (χ4n) is 4.16. The number of aryl methyl sites for hydroxylation is 1. The molecule has 3 heterocycles. The molecule has 2 aromatic heterocycles. The van der Waals surface area contributed by atoms with Crippen LogP contribution in [-0.4, -0.2) is 53.2 Å². The number of benzene rings is 2. The lowest BCUT2D eigenvalue weighted by Gasteiger charge is -2.31. The fourth-order valence-corrected chi connectivity index (χ4v) is 5.90. The van der Waals surface area contributed by atoms with Crippen molar-refractivity contribution in [2.75, 3.05) is 26.2 Å². The van der Waals surface area contributed by atoms with Crippen molar-refractivity contribution in [1.29, 1.82) is 0 Å². The van der Waals surface area contributed by atoms with Gasteiger partial charge in [-0.25, -0.2) is 8.42 Å². The molecule has 0 atom stereocenters. The first-order chi connectivity index (χ1) is 16.4. The minimum atomic E-state index is -3.49. The summed E-state index contributed by atoms with van der Waals surface area (Å²) in [5, 5.41) is 4.78. The number of rotatable bonds is 6. The number of hydrogen-bond donors (Lipinski definition) is 1. The largest absolute Gasteiger partial charge is 0.461 e. The topological polar surface area (TPSA) is 77.7 Å². The molecule has 10 heteroatoms. The predicted molar refractivity (Wildman–Crippen MR) is 131 cm³/mol.